The maximum Gasteiger partial charge on any atom is 0.0920 e. The summed E-state index contributed by atoms with van der Waals surface area (Å²) in [7, 11) is 0. The van der Waals surface area contributed by atoms with Crippen LogP contribution in [0.15, 0.2) is 0 Å². The molecular weight excluding hydrogens is 200 g/mol. The van der Waals surface area contributed by atoms with Crippen molar-refractivity contribution in [1.29, 1.82) is 0 Å². The maximum absolute atomic E-state index is 5.47. The minimum Gasteiger partial charge on any atom is -0.366 e. The topological polar surface area (TPSA) is 25.1 Å². The highest BCUT2D eigenvalue weighted by atomic mass is 16.6. The molecule has 0 radical (unpaired) electrons. The van der Waals surface area contributed by atoms with Gasteiger partial charge in [-0.3, -0.25) is 0 Å². The van der Waals surface area contributed by atoms with Gasteiger partial charge in [0.2, 0.25) is 0 Å². The molecule has 0 bridgehead atoms. The molecule has 0 spiro atoms. The fraction of sp³-hybridized carbons (Fsp3) is 1.00. The molecule has 2 saturated heterocycles. The molecule has 4 fully saturated rings. The summed E-state index contributed by atoms with van der Waals surface area (Å²) in [5.41, 5.74) is 0.691. The Morgan fingerprint density at radius 1 is 0.750 bits per heavy atom. The standard InChI is InChI=1S/2C7H12O/c2*1-7-5-3-2-4-6(7)8-7/h2*6H,2-5H2,1H3. The molecule has 2 nitrogen and oxygen atoms in total. The summed E-state index contributed by atoms with van der Waals surface area (Å²) >= 11 is 0. The number of fused-ring (bicyclic) bond motifs is 2. The largest absolute Gasteiger partial charge is 0.366 e. The zero-order chi connectivity index (χ0) is 11.2. The summed E-state index contributed by atoms with van der Waals surface area (Å²) in [6.45, 7) is 4.47. The van der Waals surface area contributed by atoms with Gasteiger partial charge in [0.15, 0.2) is 0 Å². The number of hydrogen-bond donors (Lipinski definition) is 0. The molecule has 2 heterocycles. The molecule has 0 N–H and O–H groups in total. The highest BCUT2D eigenvalue weighted by Crippen LogP contribution is 2.47. The molecule has 16 heavy (non-hydrogen) atoms. The third kappa shape index (κ3) is 2.02. The van der Waals surface area contributed by atoms with Crippen molar-refractivity contribution < 1.29 is 9.47 Å². The van der Waals surface area contributed by atoms with E-state index in [0.29, 0.717) is 23.4 Å². The van der Waals surface area contributed by atoms with Crippen LogP contribution in [0.4, 0.5) is 0 Å². The Kier molecular flexibility index (Phi) is 2.56. The first-order valence-electron chi connectivity index (χ1n) is 6.98. The average molecular weight is 224 g/mol. The maximum atomic E-state index is 5.47. The van der Waals surface area contributed by atoms with E-state index in [2.05, 4.69) is 13.8 Å². The SMILES string of the molecule is CC12CCCCC1O2.CC12CCCCC1O2. The van der Waals surface area contributed by atoms with E-state index in [1.165, 1.54) is 51.4 Å². The van der Waals surface area contributed by atoms with Crippen molar-refractivity contribution in [1.82, 2.24) is 0 Å². The first-order chi connectivity index (χ1) is 7.62. The van der Waals surface area contributed by atoms with Crippen LogP contribution < -0.4 is 0 Å². The van der Waals surface area contributed by atoms with Crippen molar-refractivity contribution in [3.63, 3.8) is 0 Å². The van der Waals surface area contributed by atoms with Gasteiger partial charge in [-0.2, -0.15) is 0 Å². The average Bonchev–Trinajstić information content (AvgIpc) is 3.10. The molecule has 0 aromatic carbocycles. The van der Waals surface area contributed by atoms with E-state index in [4.69, 9.17) is 9.47 Å². The van der Waals surface area contributed by atoms with Crippen LogP contribution >= 0.6 is 0 Å². The summed E-state index contributed by atoms with van der Waals surface area (Å²) in [6.07, 6.45) is 12.1. The molecule has 4 atom stereocenters. The van der Waals surface area contributed by atoms with E-state index in [1.807, 2.05) is 0 Å². The van der Waals surface area contributed by atoms with E-state index >= 15 is 0 Å². The quantitative estimate of drug-likeness (QED) is 0.589. The number of ether oxygens (including phenoxy) is 2. The number of epoxide rings is 2. The third-order valence-corrected chi connectivity index (χ3v) is 4.85. The van der Waals surface area contributed by atoms with Gasteiger partial charge in [0.25, 0.3) is 0 Å². The van der Waals surface area contributed by atoms with Gasteiger partial charge in [0.05, 0.1) is 23.4 Å². The Morgan fingerprint density at radius 3 is 1.44 bits per heavy atom. The van der Waals surface area contributed by atoms with Crippen LogP contribution in [-0.4, -0.2) is 23.4 Å². The second-order valence-electron chi connectivity index (χ2n) is 6.33. The van der Waals surface area contributed by atoms with Crippen LogP contribution in [0.3, 0.4) is 0 Å². The minimum atomic E-state index is 0.345. The number of hydrogen-bond acceptors (Lipinski definition) is 2. The lowest BCUT2D eigenvalue weighted by Gasteiger charge is -2.09. The van der Waals surface area contributed by atoms with Crippen molar-refractivity contribution in [3.8, 4) is 0 Å². The van der Waals surface area contributed by atoms with Gasteiger partial charge in [-0.15, -0.1) is 0 Å². The fourth-order valence-electron chi connectivity index (χ4n) is 3.36. The summed E-state index contributed by atoms with van der Waals surface area (Å²) in [5, 5.41) is 0. The van der Waals surface area contributed by atoms with Crippen molar-refractivity contribution in [2.24, 2.45) is 0 Å². The summed E-state index contributed by atoms with van der Waals surface area (Å²) < 4.78 is 10.9. The Morgan fingerprint density at radius 2 is 1.19 bits per heavy atom. The summed E-state index contributed by atoms with van der Waals surface area (Å²) in [5.74, 6) is 0. The smallest absolute Gasteiger partial charge is 0.0920 e. The molecule has 4 unspecified atom stereocenters. The monoisotopic (exact) mass is 224 g/mol. The molecule has 2 saturated carbocycles. The number of rotatable bonds is 0. The highest BCUT2D eigenvalue weighted by Gasteiger charge is 2.53. The van der Waals surface area contributed by atoms with Gasteiger partial charge >= 0.3 is 0 Å². The highest BCUT2D eigenvalue weighted by molar-refractivity contribution is 5.01. The van der Waals surface area contributed by atoms with Gasteiger partial charge in [0.1, 0.15) is 0 Å². The molecule has 92 valence electrons. The Hall–Kier alpha value is -0.0800. The first kappa shape index (κ1) is 11.0. The molecule has 0 aromatic heterocycles. The van der Waals surface area contributed by atoms with E-state index in [9.17, 15) is 0 Å². The van der Waals surface area contributed by atoms with Gasteiger partial charge in [0, 0.05) is 0 Å². The summed E-state index contributed by atoms with van der Waals surface area (Å²) in [4.78, 5) is 0. The predicted octanol–water partition coefficient (Wildman–Crippen LogP) is 3.44. The molecule has 2 heteroatoms. The van der Waals surface area contributed by atoms with Crippen LogP contribution in [0.2, 0.25) is 0 Å². The lowest BCUT2D eigenvalue weighted by Crippen LogP contribution is -2.13. The van der Waals surface area contributed by atoms with Crippen LogP contribution in [0.5, 0.6) is 0 Å². The van der Waals surface area contributed by atoms with Gasteiger partial charge in [-0.1, -0.05) is 25.7 Å². The van der Waals surface area contributed by atoms with Crippen molar-refractivity contribution in [2.75, 3.05) is 0 Å². The Balaban J connectivity index is 0.000000101. The molecule has 0 aromatic rings. The van der Waals surface area contributed by atoms with Crippen LogP contribution in [-0.2, 0) is 9.47 Å². The van der Waals surface area contributed by atoms with E-state index in [-0.39, 0.29) is 0 Å². The van der Waals surface area contributed by atoms with Gasteiger partial charge < -0.3 is 9.47 Å². The predicted molar refractivity (Wildman–Crippen MR) is 63.5 cm³/mol. The van der Waals surface area contributed by atoms with E-state index in [1.54, 1.807) is 0 Å². The molecule has 0 amide bonds. The van der Waals surface area contributed by atoms with E-state index < -0.39 is 0 Å². The lowest BCUT2D eigenvalue weighted by atomic mass is 9.91. The van der Waals surface area contributed by atoms with Crippen molar-refractivity contribution in [2.45, 2.75) is 88.6 Å². The molecule has 4 aliphatic rings. The lowest BCUT2D eigenvalue weighted by molar-refractivity contribution is 0.304. The molecule has 4 rings (SSSR count). The fourth-order valence-corrected chi connectivity index (χ4v) is 3.36. The van der Waals surface area contributed by atoms with Crippen LogP contribution in [0.1, 0.15) is 65.2 Å². The molecule has 2 aliphatic heterocycles. The first-order valence-corrected chi connectivity index (χ1v) is 6.98. The van der Waals surface area contributed by atoms with Gasteiger partial charge in [-0.05, 0) is 39.5 Å². The van der Waals surface area contributed by atoms with Crippen LogP contribution in [0.25, 0.3) is 0 Å². The summed E-state index contributed by atoms with van der Waals surface area (Å²) in [6, 6.07) is 0. The van der Waals surface area contributed by atoms with Gasteiger partial charge in [-0.25, -0.2) is 0 Å². The van der Waals surface area contributed by atoms with Crippen LogP contribution in [0, 0.1) is 0 Å². The normalized spacial score (nSPS) is 52.9. The third-order valence-electron chi connectivity index (χ3n) is 4.85. The zero-order valence-corrected chi connectivity index (χ0v) is 10.6. The van der Waals surface area contributed by atoms with Crippen molar-refractivity contribution in [3.05, 3.63) is 0 Å². The molecular formula is C14H24O2. The molecule has 2 aliphatic carbocycles. The second-order valence-corrected chi connectivity index (χ2v) is 6.33. The zero-order valence-electron chi connectivity index (χ0n) is 10.6. The van der Waals surface area contributed by atoms with Crippen molar-refractivity contribution >= 4 is 0 Å². The second kappa shape index (κ2) is 3.71. The minimum absolute atomic E-state index is 0.345. The van der Waals surface area contributed by atoms with E-state index in [0.717, 1.165) is 0 Å². The Bertz CT molecular complexity index is 246. The Labute approximate surface area is 98.7 Å².